The number of amides is 2. The van der Waals surface area contributed by atoms with Gasteiger partial charge in [-0.1, -0.05) is 12.6 Å². The standard InChI is InChI=1S/C30H29N7O4S/c1-2-22(38)36-19-6-3-7-20(19)37-29(40)27-24-23-17(9-10-18(31)26(23)42-27)30(33,28(39)25(24)32)21-11-8-16(14-35-21)41-15-5-4-12-34-13-15/h2,4-5,8-14,19-20,25H,1,3,6-7,31-33H2,(H,36,38)(H,37,40)/t19-,20+,25?,30?/m0/s1. The van der Waals surface area contributed by atoms with Gasteiger partial charge in [0.25, 0.3) is 5.91 Å². The Labute approximate surface area is 245 Å². The summed E-state index contributed by atoms with van der Waals surface area (Å²) in [5, 5.41) is 6.50. The van der Waals surface area contributed by atoms with E-state index in [4.69, 9.17) is 21.9 Å². The molecule has 3 aromatic heterocycles. The minimum absolute atomic E-state index is 0.228. The summed E-state index contributed by atoms with van der Waals surface area (Å²) in [4.78, 5) is 48.4. The van der Waals surface area contributed by atoms with Gasteiger partial charge in [-0.15, -0.1) is 11.3 Å². The van der Waals surface area contributed by atoms with Crippen molar-refractivity contribution in [1.82, 2.24) is 20.6 Å². The summed E-state index contributed by atoms with van der Waals surface area (Å²) in [5.74, 6) is -0.211. The average Bonchev–Trinajstić information content (AvgIpc) is 3.61. The number of nitrogens with two attached hydrogens (primary N) is 3. The molecular weight excluding hydrogens is 554 g/mol. The lowest BCUT2D eigenvalue weighted by Gasteiger charge is -2.35. The van der Waals surface area contributed by atoms with Crippen LogP contribution < -0.4 is 32.6 Å². The second-order valence-electron chi connectivity index (χ2n) is 10.4. The van der Waals surface area contributed by atoms with Crippen LogP contribution >= 0.6 is 11.3 Å². The van der Waals surface area contributed by atoms with Gasteiger partial charge in [-0.2, -0.15) is 0 Å². The van der Waals surface area contributed by atoms with Crippen molar-refractivity contribution in [3.63, 3.8) is 0 Å². The summed E-state index contributed by atoms with van der Waals surface area (Å²) >= 11 is 1.17. The molecule has 4 atom stereocenters. The SMILES string of the molecule is C=CC(=O)N[C@H]1CCC[C@H]1NC(=O)c1sc2c(N)ccc3c2c1C(N)C(=O)C3(N)c1ccc(Oc2cccnc2)cn1. The number of hydrogen-bond acceptors (Lipinski definition) is 10. The van der Waals surface area contributed by atoms with Gasteiger partial charge in [0, 0.05) is 34.9 Å². The number of hydrogen-bond donors (Lipinski definition) is 5. The van der Waals surface area contributed by atoms with Gasteiger partial charge < -0.3 is 32.6 Å². The lowest BCUT2D eigenvalue weighted by atomic mass is 9.72. The zero-order valence-electron chi connectivity index (χ0n) is 22.5. The zero-order chi connectivity index (χ0) is 29.6. The number of rotatable bonds is 7. The van der Waals surface area contributed by atoms with E-state index in [0.29, 0.717) is 49.7 Å². The molecule has 2 aliphatic rings. The third-order valence-corrected chi connectivity index (χ3v) is 9.13. The molecule has 1 saturated carbocycles. The van der Waals surface area contributed by atoms with Crippen LogP contribution in [0.2, 0.25) is 0 Å². The third kappa shape index (κ3) is 4.49. The minimum atomic E-state index is -1.69. The van der Waals surface area contributed by atoms with Crippen molar-refractivity contribution in [2.75, 3.05) is 5.73 Å². The molecule has 8 N–H and O–H groups in total. The smallest absolute Gasteiger partial charge is 0.262 e. The fourth-order valence-electron chi connectivity index (χ4n) is 5.81. The van der Waals surface area contributed by atoms with Crippen LogP contribution in [0.4, 0.5) is 5.69 Å². The molecule has 4 aromatic rings. The van der Waals surface area contributed by atoms with E-state index in [2.05, 4.69) is 27.2 Å². The highest BCUT2D eigenvalue weighted by atomic mass is 32.1. The molecule has 0 aliphatic heterocycles. The van der Waals surface area contributed by atoms with Gasteiger partial charge in [0.15, 0.2) is 5.78 Å². The van der Waals surface area contributed by atoms with Crippen molar-refractivity contribution in [1.29, 1.82) is 0 Å². The fourth-order valence-corrected chi connectivity index (χ4v) is 7.02. The molecular formula is C30H29N7O4S. The Kier molecular flexibility index (Phi) is 6.97. The van der Waals surface area contributed by atoms with Crippen LogP contribution in [-0.2, 0) is 15.1 Å². The van der Waals surface area contributed by atoms with Crippen molar-refractivity contribution in [3.8, 4) is 11.5 Å². The van der Waals surface area contributed by atoms with Gasteiger partial charge in [-0.05, 0) is 61.2 Å². The maximum atomic E-state index is 14.0. The zero-order valence-corrected chi connectivity index (χ0v) is 23.3. The normalized spacial score (nSPS) is 23.0. The van der Waals surface area contributed by atoms with E-state index in [1.165, 1.54) is 23.6 Å². The second kappa shape index (κ2) is 10.6. The molecule has 2 amide bonds. The summed E-state index contributed by atoms with van der Waals surface area (Å²) in [7, 11) is 0. The van der Waals surface area contributed by atoms with Crippen molar-refractivity contribution in [2.24, 2.45) is 11.5 Å². The van der Waals surface area contributed by atoms with E-state index in [0.717, 1.165) is 12.8 Å². The van der Waals surface area contributed by atoms with Gasteiger partial charge >= 0.3 is 0 Å². The van der Waals surface area contributed by atoms with Crippen LogP contribution in [0.1, 0.15) is 51.8 Å². The molecule has 42 heavy (non-hydrogen) atoms. The summed E-state index contributed by atoms with van der Waals surface area (Å²) in [6, 6.07) is 8.46. The molecule has 214 valence electrons. The molecule has 0 radical (unpaired) electrons. The van der Waals surface area contributed by atoms with Crippen LogP contribution in [0.5, 0.6) is 11.5 Å². The lowest BCUT2D eigenvalue weighted by Crippen LogP contribution is -2.53. The number of nitrogens with zero attached hydrogens (tertiary/aromatic N) is 2. The molecule has 0 saturated heterocycles. The Morgan fingerprint density at radius 3 is 2.55 bits per heavy atom. The number of thiophene rings is 1. The Morgan fingerprint density at radius 2 is 1.86 bits per heavy atom. The first-order valence-electron chi connectivity index (χ1n) is 13.4. The molecule has 2 unspecified atom stereocenters. The largest absolute Gasteiger partial charge is 0.454 e. The van der Waals surface area contributed by atoms with E-state index in [1.807, 2.05) is 0 Å². The van der Waals surface area contributed by atoms with Gasteiger partial charge in [-0.3, -0.25) is 24.4 Å². The van der Waals surface area contributed by atoms with Crippen LogP contribution in [0.25, 0.3) is 10.1 Å². The topological polar surface area (TPSA) is 188 Å². The Balaban J connectivity index is 1.37. The molecule has 1 aromatic carbocycles. The van der Waals surface area contributed by atoms with E-state index in [1.54, 1.807) is 48.8 Å². The number of carbonyl (C=O) groups excluding carboxylic acids is 3. The monoisotopic (exact) mass is 583 g/mol. The number of ketones is 1. The highest BCUT2D eigenvalue weighted by Crippen LogP contribution is 2.49. The van der Waals surface area contributed by atoms with Crippen molar-refractivity contribution in [3.05, 3.63) is 89.3 Å². The quantitative estimate of drug-likeness (QED) is 0.161. The molecule has 2 aliphatic carbocycles. The predicted molar refractivity (Wildman–Crippen MR) is 159 cm³/mol. The number of nitrogen functional groups attached to an aromatic ring is 1. The number of nitrogens with one attached hydrogen (secondary N) is 2. The number of aromatic nitrogens is 2. The van der Waals surface area contributed by atoms with Crippen LogP contribution in [-0.4, -0.2) is 39.6 Å². The van der Waals surface area contributed by atoms with E-state index in [9.17, 15) is 14.4 Å². The maximum Gasteiger partial charge on any atom is 0.262 e. The lowest BCUT2D eigenvalue weighted by molar-refractivity contribution is -0.124. The van der Waals surface area contributed by atoms with Gasteiger partial charge in [0.2, 0.25) is 5.91 Å². The molecule has 11 nitrogen and oxygen atoms in total. The molecule has 6 rings (SSSR count). The number of pyridine rings is 2. The van der Waals surface area contributed by atoms with Crippen LogP contribution in [0.15, 0.2) is 67.6 Å². The first-order chi connectivity index (χ1) is 20.2. The van der Waals surface area contributed by atoms with E-state index in [-0.39, 0.29) is 29.6 Å². The van der Waals surface area contributed by atoms with Gasteiger partial charge in [0.05, 0.1) is 33.7 Å². The number of carbonyl (C=O) groups is 3. The first kappa shape index (κ1) is 27.5. The van der Waals surface area contributed by atoms with Crippen molar-refractivity contribution in [2.45, 2.75) is 42.9 Å². The fraction of sp³-hybridized carbons (Fsp3) is 0.233. The third-order valence-electron chi connectivity index (χ3n) is 7.88. The molecule has 0 bridgehead atoms. The molecule has 12 heteroatoms. The highest BCUT2D eigenvalue weighted by Gasteiger charge is 2.49. The average molecular weight is 584 g/mol. The van der Waals surface area contributed by atoms with Crippen molar-refractivity contribution < 1.29 is 19.1 Å². The Hall–Kier alpha value is -4.65. The number of anilines is 1. The summed E-state index contributed by atoms with van der Waals surface area (Å²) in [6.45, 7) is 3.50. The van der Waals surface area contributed by atoms with Crippen LogP contribution in [0.3, 0.4) is 0 Å². The Bertz CT molecular complexity index is 1720. The molecule has 0 spiro atoms. The highest BCUT2D eigenvalue weighted by molar-refractivity contribution is 7.21. The van der Waals surface area contributed by atoms with Gasteiger partial charge in [-0.25, -0.2) is 0 Å². The number of Topliss-reactive ketones (excluding diaryl/α,β-unsaturated/α-hetero) is 1. The molecule has 1 fully saturated rings. The Morgan fingerprint density at radius 1 is 1.10 bits per heavy atom. The van der Waals surface area contributed by atoms with Gasteiger partial charge in [0.1, 0.15) is 17.0 Å². The maximum absolute atomic E-state index is 14.0. The van der Waals surface area contributed by atoms with E-state index < -0.39 is 17.4 Å². The summed E-state index contributed by atoms with van der Waals surface area (Å²) in [5.41, 5.74) is 19.7. The number of benzene rings is 1. The van der Waals surface area contributed by atoms with Crippen molar-refractivity contribution >= 4 is 44.7 Å². The first-order valence-corrected chi connectivity index (χ1v) is 14.3. The molecule has 3 heterocycles. The van der Waals surface area contributed by atoms with E-state index >= 15 is 0 Å². The summed E-state index contributed by atoms with van der Waals surface area (Å²) < 4.78 is 6.40. The second-order valence-corrected chi connectivity index (χ2v) is 11.4. The number of ether oxygens (including phenoxy) is 1. The predicted octanol–water partition coefficient (Wildman–Crippen LogP) is 2.80. The van der Waals surface area contributed by atoms with Crippen LogP contribution in [0, 0.1) is 0 Å². The minimum Gasteiger partial charge on any atom is -0.454 e. The summed E-state index contributed by atoms with van der Waals surface area (Å²) in [6.07, 6.45) is 8.17.